The lowest BCUT2D eigenvalue weighted by Crippen LogP contribution is -2.31. The number of nitrogens with zero attached hydrogens (tertiary/aromatic N) is 1. The smallest absolute Gasteiger partial charge is 0.261 e. The number of hydrogen-bond donors (Lipinski definition) is 2. The van der Waals surface area contributed by atoms with Crippen LogP contribution in [0.1, 0.15) is 39.1 Å². The molecule has 0 bridgehead atoms. The van der Waals surface area contributed by atoms with Crippen molar-refractivity contribution in [3.63, 3.8) is 0 Å². The van der Waals surface area contributed by atoms with Gasteiger partial charge in [-0.1, -0.05) is 24.3 Å². The first-order valence-electron chi connectivity index (χ1n) is 8.59. The van der Waals surface area contributed by atoms with Crippen LogP contribution in [-0.4, -0.2) is 37.6 Å². The molecule has 1 heterocycles. The minimum absolute atomic E-state index is 0.104. The zero-order valence-electron chi connectivity index (χ0n) is 14.9. The monoisotopic (exact) mass is 401 g/mol. The zero-order chi connectivity index (χ0) is 20.3. The average molecular weight is 401 g/mol. The van der Waals surface area contributed by atoms with Crippen LogP contribution in [-0.2, 0) is 20.6 Å². The van der Waals surface area contributed by atoms with Crippen LogP contribution < -0.4 is 10.5 Å². The number of rotatable bonds is 7. The summed E-state index contributed by atoms with van der Waals surface area (Å²) < 4.78 is 22.3. The summed E-state index contributed by atoms with van der Waals surface area (Å²) in [4.78, 5) is 37.8. The third-order valence-corrected chi connectivity index (χ3v) is 4.98. The Morgan fingerprint density at radius 2 is 1.64 bits per heavy atom. The maximum atomic E-state index is 12.3. The molecule has 0 unspecified atom stereocenters. The van der Waals surface area contributed by atoms with E-state index in [1.807, 2.05) is 0 Å². The minimum Gasteiger partial charge on any atom is -0.326 e. The first kappa shape index (κ1) is 19.7. The largest absolute Gasteiger partial charge is 0.326 e. The summed E-state index contributed by atoms with van der Waals surface area (Å²) in [6, 6.07) is 13.0. The van der Waals surface area contributed by atoms with Crippen LogP contribution in [0.4, 0.5) is 5.69 Å². The molecule has 0 saturated carbocycles. The predicted octanol–water partition coefficient (Wildman–Crippen LogP) is 1.49. The quantitative estimate of drug-likeness (QED) is 0.680. The summed E-state index contributed by atoms with van der Waals surface area (Å²) in [5.41, 5.74) is 1.67. The number of sulfonamides is 1. The van der Waals surface area contributed by atoms with Gasteiger partial charge in [-0.3, -0.25) is 19.3 Å². The van der Waals surface area contributed by atoms with E-state index in [4.69, 9.17) is 5.14 Å². The number of imide groups is 1. The molecule has 1 aliphatic rings. The van der Waals surface area contributed by atoms with E-state index in [1.165, 1.54) is 6.07 Å². The van der Waals surface area contributed by atoms with E-state index in [0.29, 0.717) is 28.8 Å². The third-order valence-electron chi connectivity index (χ3n) is 4.24. The van der Waals surface area contributed by atoms with Gasteiger partial charge in [-0.25, -0.2) is 13.6 Å². The summed E-state index contributed by atoms with van der Waals surface area (Å²) in [7, 11) is -3.66. The van der Waals surface area contributed by atoms with Gasteiger partial charge in [-0.15, -0.1) is 0 Å². The highest BCUT2D eigenvalue weighted by Gasteiger charge is 2.34. The molecule has 0 aromatic heterocycles. The number of nitrogens with two attached hydrogens (primary N) is 1. The van der Waals surface area contributed by atoms with Crippen molar-refractivity contribution in [2.75, 3.05) is 11.9 Å². The molecule has 3 rings (SSSR count). The van der Waals surface area contributed by atoms with Crippen LogP contribution in [0, 0.1) is 0 Å². The van der Waals surface area contributed by atoms with Crippen molar-refractivity contribution in [3.8, 4) is 0 Å². The average Bonchev–Trinajstić information content (AvgIpc) is 2.86. The fourth-order valence-electron chi connectivity index (χ4n) is 3.03. The summed E-state index contributed by atoms with van der Waals surface area (Å²) in [5.74, 6) is -1.33. The summed E-state index contributed by atoms with van der Waals surface area (Å²) in [5, 5.41) is 7.69. The Balaban J connectivity index is 1.53. The Bertz CT molecular complexity index is 1010. The predicted molar refractivity (Wildman–Crippen MR) is 103 cm³/mol. The van der Waals surface area contributed by atoms with E-state index >= 15 is 0 Å². The lowest BCUT2D eigenvalue weighted by atomic mass is 10.1. The topological polar surface area (TPSA) is 127 Å². The fraction of sp³-hybridized carbons (Fsp3) is 0.211. The van der Waals surface area contributed by atoms with Crippen molar-refractivity contribution < 1.29 is 22.8 Å². The summed E-state index contributed by atoms with van der Waals surface area (Å²) >= 11 is 0. The van der Waals surface area contributed by atoms with Gasteiger partial charge in [0, 0.05) is 18.7 Å². The van der Waals surface area contributed by atoms with Crippen molar-refractivity contribution in [3.05, 3.63) is 65.2 Å². The van der Waals surface area contributed by atoms with Gasteiger partial charge in [0.1, 0.15) is 0 Å². The molecule has 0 saturated heterocycles. The molecule has 146 valence electrons. The Labute approximate surface area is 162 Å². The molecular weight excluding hydrogens is 382 g/mol. The lowest BCUT2D eigenvalue weighted by Gasteiger charge is -2.13. The van der Waals surface area contributed by atoms with Crippen molar-refractivity contribution in [2.45, 2.75) is 18.6 Å². The molecule has 9 heteroatoms. The van der Waals surface area contributed by atoms with Gasteiger partial charge >= 0.3 is 0 Å². The molecule has 28 heavy (non-hydrogen) atoms. The number of fused-ring (bicyclic) bond motifs is 1. The van der Waals surface area contributed by atoms with Gasteiger partial charge in [0.05, 0.1) is 16.9 Å². The number of amides is 3. The second kappa shape index (κ2) is 7.91. The van der Waals surface area contributed by atoms with E-state index in [0.717, 1.165) is 4.90 Å². The maximum absolute atomic E-state index is 12.3. The van der Waals surface area contributed by atoms with Crippen molar-refractivity contribution in [1.29, 1.82) is 0 Å². The van der Waals surface area contributed by atoms with Gasteiger partial charge in [-0.05, 0) is 36.2 Å². The van der Waals surface area contributed by atoms with Gasteiger partial charge in [0.15, 0.2) is 0 Å². The SMILES string of the molecule is NS(=O)(=O)Cc1cccc(NC(=O)CCCN2C(=O)c3ccccc3C2=O)c1. The van der Waals surface area contributed by atoms with Gasteiger partial charge < -0.3 is 5.32 Å². The number of nitrogens with one attached hydrogen (secondary N) is 1. The third kappa shape index (κ3) is 4.62. The standard InChI is InChI=1S/C19H19N3O5S/c20-28(26,27)12-13-5-3-6-14(11-13)21-17(23)9-4-10-22-18(24)15-7-1-2-8-16(15)19(22)25/h1-3,5-8,11H,4,9-10,12H2,(H,21,23)(H2,20,26,27). The molecule has 0 spiro atoms. The van der Waals surface area contributed by atoms with Crippen LogP contribution in [0.3, 0.4) is 0 Å². The molecule has 0 atom stereocenters. The fourth-order valence-corrected chi connectivity index (χ4v) is 3.68. The number of hydrogen-bond acceptors (Lipinski definition) is 5. The molecule has 8 nitrogen and oxygen atoms in total. The molecule has 2 aromatic rings. The van der Waals surface area contributed by atoms with Crippen LogP contribution >= 0.6 is 0 Å². The first-order valence-corrected chi connectivity index (χ1v) is 10.3. The van der Waals surface area contributed by atoms with Crippen molar-refractivity contribution in [1.82, 2.24) is 4.90 Å². The van der Waals surface area contributed by atoms with Gasteiger partial charge in [0.25, 0.3) is 11.8 Å². The maximum Gasteiger partial charge on any atom is 0.261 e. The lowest BCUT2D eigenvalue weighted by molar-refractivity contribution is -0.116. The van der Waals surface area contributed by atoms with Gasteiger partial charge in [-0.2, -0.15) is 0 Å². The Hall–Kier alpha value is -3.04. The van der Waals surface area contributed by atoms with Crippen LogP contribution in [0.25, 0.3) is 0 Å². The van der Waals surface area contributed by atoms with Crippen LogP contribution in [0.2, 0.25) is 0 Å². The molecule has 1 aliphatic heterocycles. The molecule has 0 fully saturated rings. The van der Waals surface area contributed by atoms with E-state index in [9.17, 15) is 22.8 Å². The van der Waals surface area contributed by atoms with E-state index in [2.05, 4.69) is 5.32 Å². The highest BCUT2D eigenvalue weighted by molar-refractivity contribution is 7.88. The molecular formula is C19H19N3O5S. The number of carbonyl (C=O) groups excluding carboxylic acids is 3. The number of anilines is 1. The number of carbonyl (C=O) groups is 3. The van der Waals surface area contributed by atoms with Crippen LogP contribution in [0.15, 0.2) is 48.5 Å². The number of primary sulfonamides is 1. The normalized spacial score (nSPS) is 13.5. The second-order valence-electron chi connectivity index (χ2n) is 6.47. The Morgan fingerprint density at radius 1 is 1.00 bits per heavy atom. The molecule has 3 amide bonds. The van der Waals surface area contributed by atoms with Crippen LogP contribution in [0.5, 0.6) is 0 Å². The van der Waals surface area contributed by atoms with E-state index in [-0.39, 0.29) is 36.4 Å². The Kier molecular flexibility index (Phi) is 5.57. The van der Waals surface area contributed by atoms with Crippen molar-refractivity contribution in [2.24, 2.45) is 5.14 Å². The molecule has 3 N–H and O–H groups in total. The summed E-state index contributed by atoms with van der Waals surface area (Å²) in [6.45, 7) is 0.144. The Morgan fingerprint density at radius 3 is 2.25 bits per heavy atom. The highest BCUT2D eigenvalue weighted by Crippen LogP contribution is 2.22. The van der Waals surface area contributed by atoms with Crippen molar-refractivity contribution >= 4 is 33.4 Å². The zero-order valence-corrected chi connectivity index (χ0v) is 15.7. The number of benzene rings is 2. The highest BCUT2D eigenvalue weighted by atomic mass is 32.2. The summed E-state index contributed by atoms with van der Waals surface area (Å²) in [6.07, 6.45) is 0.418. The first-order chi connectivity index (χ1) is 13.2. The molecule has 2 aromatic carbocycles. The minimum atomic E-state index is -3.66. The second-order valence-corrected chi connectivity index (χ2v) is 8.08. The van der Waals surface area contributed by atoms with E-state index in [1.54, 1.807) is 42.5 Å². The van der Waals surface area contributed by atoms with Gasteiger partial charge in [0.2, 0.25) is 15.9 Å². The molecule has 0 radical (unpaired) electrons. The van der Waals surface area contributed by atoms with E-state index < -0.39 is 10.0 Å². The molecule has 0 aliphatic carbocycles.